The Labute approximate surface area is 151 Å². The van der Waals surface area contributed by atoms with E-state index >= 15 is 0 Å². The summed E-state index contributed by atoms with van der Waals surface area (Å²) >= 11 is 15.2. The van der Waals surface area contributed by atoms with E-state index in [0.717, 1.165) is 39.4 Å². The van der Waals surface area contributed by atoms with Crippen molar-refractivity contribution in [1.29, 1.82) is 0 Å². The molecule has 1 aliphatic heterocycles. The van der Waals surface area contributed by atoms with E-state index in [0.29, 0.717) is 10.0 Å². The molecule has 0 radical (unpaired) electrons. The molecule has 1 atom stereocenters. The summed E-state index contributed by atoms with van der Waals surface area (Å²) in [5.41, 5.74) is 1.12. The molecule has 0 aliphatic carbocycles. The van der Waals surface area contributed by atoms with Gasteiger partial charge < -0.3 is 5.32 Å². The summed E-state index contributed by atoms with van der Waals surface area (Å²) < 4.78 is 2.84. The Hall–Kier alpha value is -0.860. The van der Waals surface area contributed by atoms with Crippen LogP contribution < -0.4 is 5.32 Å². The molecule has 1 fully saturated rings. The lowest BCUT2D eigenvalue weighted by Crippen LogP contribution is -2.16. The predicted octanol–water partition coefficient (Wildman–Crippen LogP) is 4.21. The lowest BCUT2D eigenvalue weighted by atomic mass is 10.2. The lowest BCUT2D eigenvalue weighted by Gasteiger charge is -2.05. The molecule has 120 valence electrons. The van der Waals surface area contributed by atoms with Gasteiger partial charge in [0.05, 0.1) is 16.1 Å². The van der Waals surface area contributed by atoms with Crippen molar-refractivity contribution in [3.05, 3.63) is 39.6 Å². The number of benzene rings is 1. The Morgan fingerprint density at radius 1 is 1.30 bits per heavy atom. The number of rotatable bonds is 4. The fourth-order valence-corrected chi connectivity index (χ4v) is 4.72. The van der Waals surface area contributed by atoms with Crippen LogP contribution >= 0.6 is 46.3 Å². The molecular formula is C14H13Cl2N5S2. The van der Waals surface area contributed by atoms with Gasteiger partial charge in [-0.2, -0.15) is 4.52 Å². The molecule has 0 spiro atoms. The van der Waals surface area contributed by atoms with Crippen molar-refractivity contribution in [2.45, 2.75) is 29.0 Å². The Morgan fingerprint density at radius 2 is 2.22 bits per heavy atom. The third-order valence-corrected chi connectivity index (χ3v) is 6.56. The molecule has 1 N–H and O–H groups in total. The first-order chi connectivity index (χ1) is 11.2. The van der Waals surface area contributed by atoms with Gasteiger partial charge in [0.15, 0.2) is 10.2 Å². The van der Waals surface area contributed by atoms with Gasteiger partial charge >= 0.3 is 0 Å². The van der Waals surface area contributed by atoms with Crippen molar-refractivity contribution in [1.82, 2.24) is 25.1 Å². The molecule has 1 saturated heterocycles. The summed E-state index contributed by atoms with van der Waals surface area (Å²) in [6.07, 6.45) is 2.26. The van der Waals surface area contributed by atoms with Crippen LogP contribution in [0.4, 0.5) is 0 Å². The second-order valence-electron chi connectivity index (χ2n) is 5.31. The average Bonchev–Trinajstić information content (AvgIpc) is 3.24. The molecule has 9 heteroatoms. The molecule has 2 aromatic heterocycles. The van der Waals surface area contributed by atoms with Crippen LogP contribution in [0.1, 0.15) is 30.3 Å². The summed E-state index contributed by atoms with van der Waals surface area (Å²) in [4.78, 5) is 0.838. The number of hydrogen-bond donors (Lipinski definition) is 1. The Morgan fingerprint density at radius 3 is 3.00 bits per heavy atom. The Kier molecular flexibility index (Phi) is 4.47. The highest BCUT2D eigenvalue weighted by atomic mass is 35.5. The van der Waals surface area contributed by atoms with Gasteiger partial charge in [0.1, 0.15) is 0 Å². The average molecular weight is 386 g/mol. The van der Waals surface area contributed by atoms with E-state index in [1.54, 1.807) is 23.1 Å². The van der Waals surface area contributed by atoms with Crippen LogP contribution in [0.15, 0.2) is 22.5 Å². The second kappa shape index (κ2) is 6.57. The first-order valence-electron chi connectivity index (χ1n) is 7.23. The normalized spacial score (nSPS) is 18.1. The van der Waals surface area contributed by atoms with E-state index in [9.17, 15) is 0 Å². The summed E-state index contributed by atoms with van der Waals surface area (Å²) in [7, 11) is 0. The predicted molar refractivity (Wildman–Crippen MR) is 94.7 cm³/mol. The highest BCUT2D eigenvalue weighted by Gasteiger charge is 2.23. The second-order valence-corrected chi connectivity index (χ2v) is 8.30. The maximum absolute atomic E-state index is 6.05. The van der Waals surface area contributed by atoms with Crippen molar-refractivity contribution >= 4 is 51.3 Å². The molecule has 5 nitrogen and oxygen atoms in total. The monoisotopic (exact) mass is 385 g/mol. The molecule has 1 aliphatic rings. The zero-order chi connectivity index (χ0) is 15.8. The van der Waals surface area contributed by atoms with E-state index in [-0.39, 0.29) is 6.04 Å². The highest BCUT2D eigenvalue weighted by Crippen LogP contribution is 2.31. The topological polar surface area (TPSA) is 55.1 Å². The van der Waals surface area contributed by atoms with Crippen LogP contribution in [0.3, 0.4) is 0 Å². The SMILES string of the molecule is Clc1ccc(CSc2nn3c(C4CCCN4)nnc3s2)cc1Cl. The zero-order valence-electron chi connectivity index (χ0n) is 12.0. The third-order valence-electron chi connectivity index (χ3n) is 3.71. The quantitative estimate of drug-likeness (QED) is 0.681. The van der Waals surface area contributed by atoms with E-state index < -0.39 is 0 Å². The van der Waals surface area contributed by atoms with E-state index in [1.165, 1.54) is 6.42 Å². The molecule has 0 amide bonds. The molecule has 3 aromatic rings. The molecule has 0 bridgehead atoms. The third kappa shape index (κ3) is 3.21. The summed E-state index contributed by atoms with van der Waals surface area (Å²) in [5.74, 6) is 1.70. The van der Waals surface area contributed by atoms with Gasteiger partial charge in [-0.25, -0.2) is 0 Å². The van der Waals surface area contributed by atoms with Gasteiger partial charge in [0.25, 0.3) is 0 Å². The van der Waals surface area contributed by atoms with Gasteiger partial charge in [-0.1, -0.05) is 52.4 Å². The van der Waals surface area contributed by atoms with E-state index in [2.05, 4.69) is 20.6 Å². The summed E-state index contributed by atoms with van der Waals surface area (Å²) in [6, 6.07) is 5.96. The van der Waals surface area contributed by atoms with Crippen LogP contribution in [0.2, 0.25) is 10.0 Å². The maximum Gasteiger partial charge on any atom is 0.235 e. The molecular weight excluding hydrogens is 373 g/mol. The van der Waals surface area contributed by atoms with Crippen molar-refractivity contribution in [2.75, 3.05) is 6.54 Å². The molecule has 3 heterocycles. The lowest BCUT2D eigenvalue weighted by molar-refractivity contribution is 0.582. The number of aromatic nitrogens is 4. The van der Waals surface area contributed by atoms with Gasteiger partial charge in [0.2, 0.25) is 4.96 Å². The number of nitrogens with one attached hydrogen (secondary N) is 1. The summed E-state index contributed by atoms with van der Waals surface area (Å²) in [5, 5.41) is 17.8. The largest absolute Gasteiger partial charge is 0.307 e. The standard InChI is InChI=1S/C14H13Cl2N5S2/c15-9-4-3-8(6-10(9)16)7-22-14-20-21-12(11-2-1-5-17-11)18-19-13(21)23-14/h3-4,6,11,17H,1-2,5,7H2. The van der Waals surface area contributed by atoms with E-state index in [1.807, 2.05) is 22.7 Å². The Balaban J connectivity index is 1.51. The molecule has 1 aromatic carbocycles. The minimum absolute atomic E-state index is 0.264. The number of fused-ring (bicyclic) bond motifs is 1. The number of nitrogens with zero attached hydrogens (tertiary/aromatic N) is 4. The minimum atomic E-state index is 0.264. The molecule has 4 rings (SSSR count). The maximum atomic E-state index is 6.05. The van der Waals surface area contributed by atoms with Crippen LogP contribution in [-0.2, 0) is 5.75 Å². The van der Waals surface area contributed by atoms with Gasteiger partial charge in [-0.05, 0) is 37.1 Å². The zero-order valence-corrected chi connectivity index (χ0v) is 15.1. The first kappa shape index (κ1) is 15.7. The number of hydrogen-bond acceptors (Lipinski definition) is 6. The molecule has 0 saturated carbocycles. The number of halogens is 2. The van der Waals surface area contributed by atoms with Gasteiger partial charge in [0, 0.05) is 5.75 Å². The van der Waals surface area contributed by atoms with E-state index in [4.69, 9.17) is 23.2 Å². The number of thioether (sulfide) groups is 1. The molecule has 1 unspecified atom stereocenters. The van der Waals surface area contributed by atoms with Crippen molar-refractivity contribution in [3.8, 4) is 0 Å². The van der Waals surface area contributed by atoms with Crippen LogP contribution in [0, 0.1) is 0 Å². The smallest absolute Gasteiger partial charge is 0.235 e. The first-order valence-corrected chi connectivity index (χ1v) is 9.79. The fraction of sp³-hybridized carbons (Fsp3) is 0.357. The molecule has 23 heavy (non-hydrogen) atoms. The van der Waals surface area contributed by atoms with Crippen molar-refractivity contribution in [2.24, 2.45) is 0 Å². The minimum Gasteiger partial charge on any atom is -0.307 e. The van der Waals surface area contributed by atoms with Crippen LogP contribution in [0.25, 0.3) is 4.96 Å². The highest BCUT2D eigenvalue weighted by molar-refractivity contribution is 8.00. The summed E-state index contributed by atoms with van der Waals surface area (Å²) in [6.45, 7) is 1.03. The van der Waals surface area contributed by atoms with Gasteiger partial charge in [-0.15, -0.1) is 15.3 Å². The van der Waals surface area contributed by atoms with Gasteiger partial charge in [-0.3, -0.25) is 0 Å². The van der Waals surface area contributed by atoms with Crippen molar-refractivity contribution < 1.29 is 0 Å². The van der Waals surface area contributed by atoms with Crippen molar-refractivity contribution in [3.63, 3.8) is 0 Å². The van der Waals surface area contributed by atoms with Crippen LogP contribution in [-0.4, -0.2) is 26.4 Å². The fourth-order valence-electron chi connectivity index (χ4n) is 2.57. The Bertz CT molecular complexity index is 841. The van der Waals surface area contributed by atoms with Crippen LogP contribution in [0.5, 0.6) is 0 Å².